The minimum atomic E-state index is -0.205. The average molecular weight is 255 g/mol. The van der Waals surface area contributed by atoms with E-state index < -0.39 is 0 Å². The molecule has 90 valence electrons. The number of hydrogen-bond donors (Lipinski definition) is 1. The molecule has 1 heterocycles. The highest BCUT2D eigenvalue weighted by Gasteiger charge is 2.30. The number of rotatable bonds is 1. The molecule has 1 aliphatic rings. The van der Waals surface area contributed by atoms with Crippen LogP contribution in [0.4, 0.5) is 11.4 Å². The van der Waals surface area contributed by atoms with Crippen LogP contribution in [0.5, 0.6) is 0 Å². The number of thiocarbonyl (C=S) groups is 1. The second-order valence-electron chi connectivity index (χ2n) is 4.45. The molecule has 0 aromatic heterocycles. The van der Waals surface area contributed by atoms with Gasteiger partial charge in [-0.2, -0.15) is 0 Å². The first-order chi connectivity index (χ1) is 8.70. The second-order valence-corrected chi connectivity index (χ2v) is 4.87. The molecule has 0 aliphatic carbocycles. The van der Waals surface area contributed by atoms with Gasteiger partial charge in [0, 0.05) is 18.4 Å². The molecule has 1 N–H and O–H groups in total. The molecule has 2 aromatic rings. The maximum atomic E-state index is 9.87. The van der Waals surface area contributed by atoms with Crippen molar-refractivity contribution in [2.24, 2.45) is 0 Å². The van der Waals surface area contributed by atoms with Gasteiger partial charge in [-0.1, -0.05) is 36.4 Å². The van der Waals surface area contributed by atoms with Gasteiger partial charge in [0.2, 0.25) is 0 Å². The van der Waals surface area contributed by atoms with Gasteiger partial charge < -0.3 is 10.0 Å². The summed E-state index contributed by atoms with van der Waals surface area (Å²) in [5, 5.41) is 9.90. The van der Waals surface area contributed by atoms with Crippen LogP contribution in [-0.2, 0) is 0 Å². The Morgan fingerprint density at radius 3 is 1.89 bits per heavy atom. The summed E-state index contributed by atoms with van der Waals surface area (Å²) >= 11 is 5.04. The lowest BCUT2D eigenvalue weighted by atomic mass is 9.85. The van der Waals surface area contributed by atoms with Gasteiger partial charge in [0.1, 0.15) is 0 Å². The molecule has 0 unspecified atom stereocenters. The minimum absolute atomic E-state index is 0.0306. The van der Waals surface area contributed by atoms with E-state index >= 15 is 0 Å². The predicted octanol–water partition coefficient (Wildman–Crippen LogP) is 3.79. The van der Waals surface area contributed by atoms with Crippen molar-refractivity contribution in [2.75, 3.05) is 11.9 Å². The van der Waals surface area contributed by atoms with E-state index in [1.165, 1.54) is 0 Å². The summed E-state index contributed by atoms with van der Waals surface area (Å²) in [5.74, 6) is -0.205. The van der Waals surface area contributed by atoms with Crippen LogP contribution >= 0.6 is 12.2 Å². The molecule has 0 saturated carbocycles. The van der Waals surface area contributed by atoms with E-state index in [2.05, 4.69) is 17.0 Å². The molecular weight excluding hydrogens is 242 g/mol. The van der Waals surface area contributed by atoms with Crippen molar-refractivity contribution in [3.8, 4) is 0 Å². The molecule has 2 nitrogen and oxygen atoms in total. The number of hydrogen-bond acceptors (Lipinski definition) is 2. The SMILES string of the molecule is CN1c2ccccc2C(C(O)=S)c2ccccc21. The van der Waals surface area contributed by atoms with Crippen LogP contribution in [-0.4, -0.2) is 17.2 Å². The highest BCUT2D eigenvalue weighted by molar-refractivity contribution is 7.80. The van der Waals surface area contributed by atoms with E-state index in [0.29, 0.717) is 0 Å². The molecule has 0 fully saturated rings. The molecule has 0 bridgehead atoms. The van der Waals surface area contributed by atoms with Gasteiger partial charge >= 0.3 is 0 Å². The van der Waals surface area contributed by atoms with Crippen molar-refractivity contribution < 1.29 is 5.11 Å². The van der Waals surface area contributed by atoms with Crippen molar-refractivity contribution in [1.29, 1.82) is 0 Å². The van der Waals surface area contributed by atoms with Gasteiger partial charge in [-0.25, -0.2) is 0 Å². The largest absolute Gasteiger partial charge is 0.501 e. The number of para-hydroxylation sites is 2. The van der Waals surface area contributed by atoms with E-state index in [1.54, 1.807) is 0 Å². The summed E-state index contributed by atoms with van der Waals surface area (Å²) in [4.78, 5) is 2.14. The molecule has 3 rings (SSSR count). The molecule has 0 saturated heterocycles. The lowest BCUT2D eigenvalue weighted by Crippen LogP contribution is -2.25. The first-order valence-electron chi connectivity index (χ1n) is 5.84. The fraction of sp³-hybridized carbons (Fsp3) is 0.133. The fourth-order valence-corrected chi connectivity index (χ4v) is 2.89. The zero-order valence-electron chi connectivity index (χ0n) is 10.00. The topological polar surface area (TPSA) is 23.5 Å². The standard InChI is InChI=1S/C15H13NOS/c1-16-12-8-4-2-6-10(12)14(15(17)18)11-7-3-5-9-13(11)16/h2-9,14H,1H3,(H,17,18). The zero-order valence-corrected chi connectivity index (χ0v) is 10.8. The summed E-state index contributed by atoms with van der Waals surface area (Å²) in [6.07, 6.45) is 0. The Morgan fingerprint density at radius 2 is 1.44 bits per heavy atom. The van der Waals surface area contributed by atoms with Crippen molar-refractivity contribution >= 4 is 28.6 Å². The summed E-state index contributed by atoms with van der Waals surface area (Å²) in [5.41, 5.74) is 4.31. The summed E-state index contributed by atoms with van der Waals surface area (Å²) in [6, 6.07) is 16.1. The van der Waals surface area contributed by atoms with E-state index in [9.17, 15) is 5.11 Å². The Labute approximate surface area is 111 Å². The monoisotopic (exact) mass is 255 g/mol. The Morgan fingerprint density at radius 1 is 1.00 bits per heavy atom. The third-order valence-electron chi connectivity index (χ3n) is 3.47. The number of aliphatic hydroxyl groups excluding tert-OH is 1. The highest BCUT2D eigenvalue weighted by Crippen LogP contribution is 2.44. The second kappa shape index (κ2) is 4.10. The number of fused-ring (bicyclic) bond motifs is 2. The smallest absolute Gasteiger partial charge is 0.168 e. The van der Waals surface area contributed by atoms with Crippen molar-refractivity contribution in [1.82, 2.24) is 0 Å². The number of anilines is 2. The van der Waals surface area contributed by atoms with Crippen LogP contribution in [0.2, 0.25) is 0 Å². The Balaban J connectivity index is 2.30. The van der Waals surface area contributed by atoms with E-state index in [4.69, 9.17) is 12.2 Å². The Bertz CT molecular complexity index is 576. The van der Waals surface area contributed by atoms with Gasteiger partial charge in [0.05, 0.1) is 5.92 Å². The Kier molecular flexibility index (Phi) is 2.56. The molecule has 0 amide bonds. The van der Waals surface area contributed by atoms with Gasteiger partial charge in [-0.15, -0.1) is 0 Å². The van der Waals surface area contributed by atoms with Crippen LogP contribution in [0, 0.1) is 0 Å². The maximum Gasteiger partial charge on any atom is 0.168 e. The van der Waals surface area contributed by atoms with Crippen LogP contribution in [0.25, 0.3) is 0 Å². The quantitative estimate of drug-likeness (QED) is 0.784. The number of nitrogens with zero attached hydrogens (tertiary/aromatic N) is 1. The van der Waals surface area contributed by atoms with Crippen LogP contribution in [0.1, 0.15) is 17.0 Å². The van der Waals surface area contributed by atoms with Gasteiger partial charge in [-0.3, -0.25) is 0 Å². The fourth-order valence-electron chi connectivity index (χ4n) is 2.64. The Hall–Kier alpha value is -1.87. The molecular formula is C15H13NOS. The molecule has 0 atom stereocenters. The number of aliphatic hydroxyl groups is 1. The van der Waals surface area contributed by atoms with Gasteiger partial charge in [0.25, 0.3) is 0 Å². The summed E-state index contributed by atoms with van der Waals surface area (Å²) in [7, 11) is 2.04. The first kappa shape index (κ1) is 11.2. The average Bonchev–Trinajstić information content (AvgIpc) is 2.39. The third-order valence-corrected chi connectivity index (χ3v) is 3.70. The van der Waals surface area contributed by atoms with E-state index in [-0.39, 0.29) is 11.0 Å². The molecule has 1 aliphatic heterocycles. The molecule has 0 spiro atoms. The lowest BCUT2D eigenvalue weighted by Gasteiger charge is -2.34. The summed E-state index contributed by atoms with van der Waals surface area (Å²) < 4.78 is 0. The van der Waals surface area contributed by atoms with Crippen molar-refractivity contribution in [2.45, 2.75) is 5.92 Å². The van der Waals surface area contributed by atoms with E-state index in [1.807, 2.05) is 43.4 Å². The molecule has 2 aromatic carbocycles. The molecule has 18 heavy (non-hydrogen) atoms. The lowest BCUT2D eigenvalue weighted by molar-refractivity contribution is 0.543. The first-order valence-corrected chi connectivity index (χ1v) is 6.25. The van der Waals surface area contributed by atoms with Crippen molar-refractivity contribution in [3.63, 3.8) is 0 Å². The van der Waals surface area contributed by atoms with E-state index in [0.717, 1.165) is 22.5 Å². The maximum absolute atomic E-state index is 9.87. The highest BCUT2D eigenvalue weighted by atomic mass is 32.1. The van der Waals surface area contributed by atoms with Crippen LogP contribution in [0.3, 0.4) is 0 Å². The zero-order chi connectivity index (χ0) is 12.7. The molecule has 3 heteroatoms. The van der Waals surface area contributed by atoms with Crippen molar-refractivity contribution in [3.05, 3.63) is 59.7 Å². The summed E-state index contributed by atoms with van der Waals surface area (Å²) in [6.45, 7) is 0. The molecule has 0 radical (unpaired) electrons. The normalized spacial score (nSPS) is 13.9. The van der Waals surface area contributed by atoms with Gasteiger partial charge in [-0.05, 0) is 35.5 Å². The third kappa shape index (κ3) is 1.51. The van der Waals surface area contributed by atoms with Crippen LogP contribution in [0.15, 0.2) is 48.5 Å². The number of benzene rings is 2. The van der Waals surface area contributed by atoms with Gasteiger partial charge in [0.15, 0.2) is 5.05 Å². The van der Waals surface area contributed by atoms with Crippen LogP contribution < -0.4 is 4.90 Å². The minimum Gasteiger partial charge on any atom is -0.501 e. The predicted molar refractivity (Wildman–Crippen MR) is 78.0 cm³/mol.